The first-order chi connectivity index (χ1) is 6.83. The van der Waals surface area contributed by atoms with Gasteiger partial charge in [0.15, 0.2) is 0 Å². The normalized spacial score (nSPS) is 9.93. The fourth-order valence-corrected chi connectivity index (χ4v) is 1.20. The molecule has 0 fully saturated rings. The lowest BCUT2D eigenvalue weighted by atomic mass is 10.3. The minimum absolute atomic E-state index is 0.187. The fraction of sp³-hybridized carbons (Fsp3) is 0.111. The van der Waals surface area contributed by atoms with Crippen molar-refractivity contribution in [3.63, 3.8) is 0 Å². The number of fused-ring (bicyclic) bond motifs is 1. The van der Waals surface area contributed by atoms with E-state index in [1.165, 1.54) is 0 Å². The Balaban J connectivity index is 2.54. The number of nitriles is 1. The van der Waals surface area contributed by atoms with E-state index in [2.05, 4.69) is 10.3 Å². The Morgan fingerprint density at radius 1 is 1.50 bits per heavy atom. The summed E-state index contributed by atoms with van der Waals surface area (Å²) in [5, 5.41) is 15.9. The summed E-state index contributed by atoms with van der Waals surface area (Å²) in [6.45, 7) is 0. The summed E-state index contributed by atoms with van der Waals surface area (Å²) in [5.74, 6) is -0.360. The average Bonchev–Trinajstić information content (AvgIpc) is 2.61. The van der Waals surface area contributed by atoms with Crippen LogP contribution in [-0.4, -0.2) is 20.9 Å². The van der Waals surface area contributed by atoms with Gasteiger partial charge in [0.2, 0.25) is 0 Å². The Morgan fingerprint density at radius 3 is 3.07 bits per heavy atom. The summed E-state index contributed by atoms with van der Waals surface area (Å²) < 4.78 is 1.15. The number of hydrogen-bond acceptors (Lipinski definition) is 4. The zero-order chi connectivity index (χ0) is 9.97. The van der Waals surface area contributed by atoms with Crippen LogP contribution in [-0.2, 0) is 0 Å². The maximum Gasteiger partial charge on any atom is 0.263 e. The first-order valence-corrected chi connectivity index (χ1v) is 4.03. The summed E-state index contributed by atoms with van der Waals surface area (Å²) in [5.41, 5.74) is 1.28. The predicted molar refractivity (Wildman–Crippen MR) is 48.4 cm³/mol. The van der Waals surface area contributed by atoms with Crippen molar-refractivity contribution in [3.05, 3.63) is 24.3 Å². The smallest absolute Gasteiger partial charge is 0.263 e. The second-order valence-electron chi connectivity index (χ2n) is 2.72. The zero-order valence-electron chi connectivity index (χ0n) is 7.21. The molecule has 14 heavy (non-hydrogen) atoms. The Kier molecular flexibility index (Phi) is 1.95. The van der Waals surface area contributed by atoms with Crippen molar-refractivity contribution in [2.75, 3.05) is 0 Å². The molecule has 0 amide bonds. The van der Waals surface area contributed by atoms with Crippen molar-refractivity contribution < 1.29 is 4.79 Å². The molecule has 0 radical (unpaired) electrons. The van der Waals surface area contributed by atoms with E-state index < -0.39 is 0 Å². The highest BCUT2D eigenvalue weighted by molar-refractivity contribution is 5.89. The van der Waals surface area contributed by atoms with Gasteiger partial charge in [-0.1, -0.05) is 17.3 Å². The number of aromatic nitrogens is 3. The second-order valence-corrected chi connectivity index (χ2v) is 2.72. The van der Waals surface area contributed by atoms with Crippen molar-refractivity contribution in [3.8, 4) is 6.07 Å². The lowest BCUT2D eigenvalue weighted by molar-refractivity contribution is 0.0907. The van der Waals surface area contributed by atoms with Crippen molar-refractivity contribution >= 4 is 16.9 Å². The quantitative estimate of drug-likeness (QED) is 0.665. The predicted octanol–water partition coefficient (Wildman–Crippen LogP) is 0.985. The van der Waals surface area contributed by atoms with Gasteiger partial charge in [-0.15, -0.1) is 5.10 Å². The van der Waals surface area contributed by atoms with Gasteiger partial charge in [0, 0.05) is 0 Å². The van der Waals surface area contributed by atoms with E-state index >= 15 is 0 Å². The molecular weight excluding hydrogens is 180 g/mol. The zero-order valence-corrected chi connectivity index (χ0v) is 7.21. The Bertz CT molecular complexity index is 523. The number of carbonyl (C=O) groups excluding carboxylic acids is 1. The lowest BCUT2D eigenvalue weighted by Crippen LogP contribution is -2.11. The summed E-state index contributed by atoms with van der Waals surface area (Å²) in [7, 11) is 0. The third kappa shape index (κ3) is 1.23. The van der Waals surface area contributed by atoms with Crippen LogP contribution in [0.1, 0.15) is 11.2 Å². The van der Waals surface area contributed by atoms with Crippen molar-refractivity contribution in [2.45, 2.75) is 6.42 Å². The van der Waals surface area contributed by atoms with Crippen LogP contribution in [0.25, 0.3) is 11.0 Å². The Hall–Kier alpha value is -2.22. The highest BCUT2D eigenvalue weighted by Crippen LogP contribution is 2.09. The lowest BCUT2D eigenvalue weighted by Gasteiger charge is -1.94. The van der Waals surface area contributed by atoms with Crippen molar-refractivity contribution in [2.24, 2.45) is 0 Å². The van der Waals surface area contributed by atoms with Crippen LogP contribution >= 0.6 is 0 Å². The van der Waals surface area contributed by atoms with E-state index in [1.807, 2.05) is 6.07 Å². The van der Waals surface area contributed by atoms with Gasteiger partial charge in [0.05, 0.1) is 11.6 Å². The van der Waals surface area contributed by atoms with E-state index in [0.717, 1.165) is 4.68 Å². The van der Waals surface area contributed by atoms with Gasteiger partial charge >= 0.3 is 0 Å². The standard InChI is InChI=1S/C9H6N4O/c10-6-5-9(14)13-8-4-2-1-3-7(8)11-12-13/h1-4H,5H2. The molecule has 0 unspecified atom stereocenters. The minimum atomic E-state index is -0.360. The van der Waals surface area contributed by atoms with Gasteiger partial charge in [-0.2, -0.15) is 9.94 Å². The molecule has 0 aliphatic rings. The van der Waals surface area contributed by atoms with Crippen molar-refractivity contribution in [1.29, 1.82) is 5.26 Å². The van der Waals surface area contributed by atoms with Crippen LogP contribution in [0.3, 0.4) is 0 Å². The van der Waals surface area contributed by atoms with E-state index in [0.29, 0.717) is 11.0 Å². The average molecular weight is 186 g/mol. The topological polar surface area (TPSA) is 71.6 Å². The number of carbonyl (C=O) groups is 1. The summed E-state index contributed by atoms with van der Waals surface area (Å²) in [6, 6.07) is 8.89. The van der Waals surface area contributed by atoms with Gasteiger partial charge in [-0.05, 0) is 12.1 Å². The molecule has 68 valence electrons. The summed E-state index contributed by atoms with van der Waals surface area (Å²) in [6.07, 6.45) is -0.187. The molecule has 0 aliphatic carbocycles. The van der Waals surface area contributed by atoms with E-state index in [9.17, 15) is 4.79 Å². The monoisotopic (exact) mass is 186 g/mol. The Morgan fingerprint density at radius 2 is 2.29 bits per heavy atom. The van der Waals surface area contributed by atoms with E-state index in [1.54, 1.807) is 24.3 Å². The molecule has 0 atom stereocenters. The van der Waals surface area contributed by atoms with Crippen LogP contribution in [0, 0.1) is 11.3 Å². The third-order valence-electron chi connectivity index (χ3n) is 1.82. The molecule has 0 spiro atoms. The molecule has 1 heterocycles. The van der Waals surface area contributed by atoms with Gasteiger partial charge in [0.25, 0.3) is 5.91 Å². The van der Waals surface area contributed by atoms with Gasteiger partial charge in [-0.25, -0.2) is 0 Å². The SMILES string of the molecule is N#CCC(=O)n1nnc2ccccc21. The number of benzene rings is 1. The fourth-order valence-electron chi connectivity index (χ4n) is 1.20. The number of para-hydroxylation sites is 1. The molecule has 1 aromatic heterocycles. The van der Waals surface area contributed by atoms with Crippen LogP contribution < -0.4 is 0 Å². The maximum atomic E-state index is 11.4. The van der Waals surface area contributed by atoms with Crippen LogP contribution in [0.5, 0.6) is 0 Å². The molecule has 0 N–H and O–H groups in total. The second kappa shape index (κ2) is 3.26. The van der Waals surface area contributed by atoms with E-state index in [-0.39, 0.29) is 12.3 Å². The van der Waals surface area contributed by atoms with Gasteiger partial charge < -0.3 is 0 Å². The number of hydrogen-bond donors (Lipinski definition) is 0. The highest BCUT2D eigenvalue weighted by Gasteiger charge is 2.09. The van der Waals surface area contributed by atoms with Crippen LogP contribution in [0.15, 0.2) is 24.3 Å². The Labute approximate surface area is 79.6 Å². The first-order valence-electron chi connectivity index (χ1n) is 4.03. The maximum absolute atomic E-state index is 11.4. The molecule has 1 aromatic carbocycles. The highest BCUT2D eigenvalue weighted by atomic mass is 16.2. The van der Waals surface area contributed by atoms with Gasteiger partial charge in [-0.3, -0.25) is 4.79 Å². The minimum Gasteiger partial charge on any atom is -0.271 e. The third-order valence-corrected chi connectivity index (χ3v) is 1.82. The molecule has 5 heteroatoms. The van der Waals surface area contributed by atoms with Gasteiger partial charge in [0.1, 0.15) is 11.9 Å². The molecule has 5 nitrogen and oxygen atoms in total. The van der Waals surface area contributed by atoms with Crippen molar-refractivity contribution in [1.82, 2.24) is 15.0 Å². The van der Waals surface area contributed by atoms with Crippen LogP contribution in [0.2, 0.25) is 0 Å². The molecule has 0 saturated heterocycles. The molecular formula is C9H6N4O. The molecule has 2 rings (SSSR count). The molecule has 2 aromatic rings. The number of nitrogens with zero attached hydrogens (tertiary/aromatic N) is 4. The summed E-state index contributed by atoms with van der Waals surface area (Å²) in [4.78, 5) is 11.4. The molecule has 0 saturated carbocycles. The van der Waals surface area contributed by atoms with Crippen LogP contribution in [0.4, 0.5) is 0 Å². The summed E-state index contributed by atoms with van der Waals surface area (Å²) >= 11 is 0. The number of rotatable bonds is 1. The van der Waals surface area contributed by atoms with E-state index in [4.69, 9.17) is 5.26 Å². The molecule has 0 bridgehead atoms. The largest absolute Gasteiger partial charge is 0.271 e. The molecule has 0 aliphatic heterocycles. The first kappa shape index (κ1) is 8.38.